The second-order valence-corrected chi connectivity index (χ2v) is 10.2. The number of hydrogen-bond donors (Lipinski definition) is 1. The zero-order valence-electron chi connectivity index (χ0n) is 20.4. The highest BCUT2D eigenvalue weighted by molar-refractivity contribution is 6.06. The molecule has 2 N–H and O–H groups in total. The Bertz CT molecular complexity index is 1410. The first-order valence-electron chi connectivity index (χ1n) is 11.7. The molecule has 182 valence electrons. The monoisotopic (exact) mass is 475 g/mol. The van der Waals surface area contributed by atoms with Gasteiger partial charge in [-0.1, -0.05) is 13.8 Å². The second kappa shape index (κ2) is 8.11. The van der Waals surface area contributed by atoms with Crippen LogP contribution < -0.4 is 16.2 Å². The van der Waals surface area contributed by atoms with E-state index in [0.29, 0.717) is 41.3 Å². The molecule has 3 aromatic heterocycles. The first-order valence-corrected chi connectivity index (χ1v) is 11.7. The summed E-state index contributed by atoms with van der Waals surface area (Å²) in [7, 11) is 1.62. The summed E-state index contributed by atoms with van der Waals surface area (Å²) in [5.41, 5.74) is 11.0. The summed E-state index contributed by atoms with van der Waals surface area (Å²) in [5.74, 6) is -0.130. The number of amides is 1. The van der Waals surface area contributed by atoms with Crippen molar-refractivity contribution < 1.29 is 14.3 Å². The van der Waals surface area contributed by atoms with Crippen molar-refractivity contribution in [3.05, 3.63) is 63.5 Å². The number of rotatable bonds is 4. The molecule has 1 amide bonds. The predicted octanol–water partition coefficient (Wildman–Crippen LogP) is 2.68. The fourth-order valence-corrected chi connectivity index (χ4v) is 5.30. The highest BCUT2D eigenvalue weighted by Crippen LogP contribution is 2.40. The van der Waals surface area contributed by atoms with Crippen molar-refractivity contribution in [2.24, 2.45) is 12.5 Å². The van der Waals surface area contributed by atoms with Crippen LogP contribution in [0.5, 0.6) is 0 Å². The Hall–Kier alpha value is -3.88. The molecule has 35 heavy (non-hydrogen) atoms. The molecule has 0 bridgehead atoms. The number of carbonyl (C=O) groups is 2. The smallest absolute Gasteiger partial charge is 0.302 e. The normalized spacial score (nSPS) is 16.2. The lowest BCUT2D eigenvalue weighted by Gasteiger charge is -2.31. The van der Waals surface area contributed by atoms with Crippen molar-refractivity contribution in [3.8, 4) is 11.1 Å². The van der Waals surface area contributed by atoms with E-state index >= 15 is 0 Å². The number of anilines is 2. The van der Waals surface area contributed by atoms with Crippen LogP contribution in [0.2, 0.25) is 0 Å². The average Bonchev–Trinajstić information content (AvgIpc) is 3.28. The maximum Gasteiger partial charge on any atom is 0.302 e. The first-order chi connectivity index (χ1) is 16.6. The summed E-state index contributed by atoms with van der Waals surface area (Å²) in [4.78, 5) is 43.7. The van der Waals surface area contributed by atoms with Crippen LogP contribution in [0.15, 0.2) is 35.4 Å². The Kier molecular flexibility index (Phi) is 5.30. The van der Waals surface area contributed by atoms with Gasteiger partial charge in [0.05, 0.1) is 5.69 Å². The van der Waals surface area contributed by atoms with Crippen LogP contribution in [0.1, 0.15) is 48.1 Å². The van der Waals surface area contributed by atoms with Gasteiger partial charge in [-0.25, -0.2) is 4.98 Å². The lowest BCUT2D eigenvalue weighted by Crippen LogP contribution is -2.41. The second-order valence-electron chi connectivity index (χ2n) is 10.2. The van der Waals surface area contributed by atoms with E-state index in [1.54, 1.807) is 36.5 Å². The van der Waals surface area contributed by atoms with Gasteiger partial charge in [0.1, 0.15) is 18.1 Å². The molecule has 3 aromatic rings. The van der Waals surface area contributed by atoms with Gasteiger partial charge in [0.15, 0.2) is 0 Å². The molecule has 0 fully saturated rings. The quantitative estimate of drug-likeness (QED) is 0.581. The molecule has 1 aliphatic heterocycles. The average molecular weight is 476 g/mol. The largest absolute Gasteiger partial charge is 0.461 e. The zero-order valence-corrected chi connectivity index (χ0v) is 20.4. The Morgan fingerprint density at radius 1 is 1.20 bits per heavy atom. The van der Waals surface area contributed by atoms with Gasteiger partial charge >= 0.3 is 5.97 Å². The minimum absolute atomic E-state index is 0.0634. The number of aromatic nitrogens is 3. The number of fused-ring (bicyclic) bond motifs is 3. The molecule has 4 heterocycles. The Morgan fingerprint density at radius 3 is 2.69 bits per heavy atom. The first kappa shape index (κ1) is 22.9. The zero-order chi connectivity index (χ0) is 25.1. The van der Waals surface area contributed by atoms with E-state index in [9.17, 15) is 14.4 Å². The van der Waals surface area contributed by atoms with Crippen molar-refractivity contribution in [1.29, 1.82) is 0 Å². The van der Waals surface area contributed by atoms with Crippen LogP contribution in [0.4, 0.5) is 11.5 Å². The van der Waals surface area contributed by atoms with Crippen molar-refractivity contribution in [3.63, 3.8) is 0 Å². The van der Waals surface area contributed by atoms with Crippen LogP contribution in [-0.2, 0) is 42.6 Å². The van der Waals surface area contributed by atoms with Crippen molar-refractivity contribution in [1.82, 2.24) is 14.1 Å². The number of nitrogen functional groups attached to an aromatic ring is 1. The van der Waals surface area contributed by atoms with Gasteiger partial charge in [-0.05, 0) is 47.6 Å². The molecule has 5 rings (SSSR count). The molecular weight excluding hydrogens is 446 g/mol. The number of esters is 1. The van der Waals surface area contributed by atoms with Gasteiger partial charge in [0.25, 0.3) is 11.5 Å². The molecule has 9 heteroatoms. The molecule has 0 aromatic carbocycles. The van der Waals surface area contributed by atoms with Crippen molar-refractivity contribution in [2.45, 2.75) is 46.8 Å². The van der Waals surface area contributed by atoms with E-state index in [0.717, 1.165) is 12.8 Å². The molecule has 0 saturated carbocycles. The van der Waals surface area contributed by atoms with Gasteiger partial charge in [-0.3, -0.25) is 19.3 Å². The summed E-state index contributed by atoms with van der Waals surface area (Å²) >= 11 is 0. The number of nitrogens with two attached hydrogens (primary N) is 1. The maximum absolute atomic E-state index is 13.7. The van der Waals surface area contributed by atoms with Gasteiger partial charge in [-0.2, -0.15) is 0 Å². The molecule has 0 spiro atoms. The number of ether oxygens (including phenoxy) is 1. The predicted molar refractivity (Wildman–Crippen MR) is 132 cm³/mol. The van der Waals surface area contributed by atoms with Crippen LogP contribution in [-0.4, -0.2) is 32.5 Å². The minimum Gasteiger partial charge on any atom is -0.461 e. The van der Waals surface area contributed by atoms with E-state index in [1.807, 2.05) is 6.07 Å². The third kappa shape index (κ3) is 3.90. The lowest BCUT2D eigenvalue weighted by molar-refractivity contribution is -0.142. The van der Waals surface area contributed by atoms with Gasteiger partial charge in [-0.15, -0.1) is 0 Å². The standard InChI is InChI=1S/C26H29N5O4/c1-15(32)35-14-19-18(17-9-20(27)24(33)29(4)13-17)5-6-28-23(19)31-8-7-30-21(25(31)34)10-16-11-26(2,3)12-22(16)30/h5-6,9-10,13H,7-8,11-12,14,27H2,1-4H3. The van der Waals surface area contributed by atoms with Gasteiger partial charge in [0, 0.05) is 56.3 Å². The fraction of sp³-hybridized carbons (Fsp3) is 0.385. The molecule has 9 nitrogen and oxygen atoms in total. The van der Waals surface area contributed by atoms with E-state index in [2.05, 4.69) is 23.4 Å². The highest BCUT2D eigenvalue weighted by atomic mass is 16.5. The minimum atomic E-state index is -0.441. The molecule has 0 radical (unpaired) electrons. The van der Waals surface area contributed by atoms with E-state index in [-0.39, 0.29) is 29.2 Å². The van der Waals surface area contributed by atoms with E-state index < -0.39 is 5.97 Å². The van der Waals surface area contributed by atoms with E-state index in [4.69, 9.17) is 10.5 Å². The SMILES string of the molecule is CC(=O)OCc1c(-c2cc(N)c(=O)n(C)c2)ccnc1N1CCn2c(cc3c2CC(C)(C)C3)C1=O. The fourth-order valence-electron chi connectivity index (χ4n) is 5.30. The topological polar surface area (TPSA) is 112 Å². The number of aryl methyl sites for hydroxylation is 1. The number of pyridine rings is 2. The summed E-state index contributed by atoms with van der Waals surface area (Å²) in [6, 6.07) is 5.38. The van der Waals surface area contributed by atoms with Crippen LogP contribution in [0.3, 0.4) is 0 Å². The van der Waals surface area contributed by atoms with Gasteiger partial charge in [0.2, 0.25) is 0 Å². The van der Waals surface area contributed by atoms with Crippen LogP contribution in [0.25, 0.3) is 11.1 Å². The Labute approximate surface area is 203 Å². The summed E-state index contributed by atoms with van der Waals surface area (Å²) in [6.45, 7) is 6.89. The van der Waals surface area contributed by atoms with E-state index in [1.165, 1.54) is 22.7 Å². The number of carbonyl (C=O) groups excluding carboxylic acids is 2. The molecule has 2 aliphatic rings. The highest BCUT2D eigenvalue weighted by Gasteiger charge is 2.37. The molecule has 0 atom stereocenters. The Morgan fingerprint density at radius 2 is 1.97 bits per heavy atom. The van der Waals surface area contributed by atoms with Crippen LogP contribution >= 0.6 is 0 Å². The summed E-state index contributed by atoms with van der Waals surface area (Å²) < 4.78 is 8.91. The maximum atomic E-state index is 13.7. The Balaban J connectivity index is 1.59. The molecular formula is C26H29N5O4. The third-order valence-electron chi connectivity index (χ3n) is 6.86. The molecule has 0 saturated heterocycles. The number of nitrogens with zero attached hydrogens (tertiary/aromatic N) is 4. The van der Waals surface area contributed by atoms with Crippen molar-refractivity contribution in [2.75, 3.05) is 17.2 Å². The summed E-state index contributed by atoms with van der Waals surface area (Å²) in [5, 5.41) is 0. The number of hydrogen-bond acceptors (Lipinski definition) is 6. The summed E-state index contributed by atoms with van der Waals surface area (Å²) in [6.07, 6.45) is 5.20. The third-order valence-corrected chi connectivity index (χ3v) is 6.86. The molecule has 1 aliphatic carbocycles. The lowest BCUT2D eigenvalue weighted by atomic mass is 9.90. The van der Waals surface area contributed by atoms with Crippen LogP contribution in [0, 0.1) is 5.41 Å². The van der Waals surface area contributed by atoms with Gasteiger partial charge < -0.3 is 19.6 Å². The molecule has 0 unspecified atom stereocenters. The van der Waals surface area contributed by atoms with Crippen molar-refractivity contribution >= 4 is 23.4 Å².